The van der Waals surface area contributed by atoms with Crippen LogP contribution in [0.4, 0.5) is 11.4 Å². The molecule has 0 bridgehead atoms. The first kappa shape index (κ1) is 15.9. The summed E-state index contributed by atoms with van der Waals surface area (Å²) in [4.78, 5) is 15.0. The van der Waals surface area contributed by atoms with Crippen molar-refractivity contribution < 1.29 is 10.0 Å². The summed E-state index contributed by atoms with van der Waals surface area (Å²) < 4.78 is 0. The Bertz CT molecular complexity index is 853. The highest BCUT2D eigenvalue weighted by Crippen LogP contribution is 2.30. The lowest BCUT2D eigenvalue weighted by Crippen LogP contribution is -2.26. The summed E-state index contributed by atoms with van der Waals surface area (Å²) in [6.07, 6.45) is 2.24. The number of nitrogens with one attached hydrogen (secondary N) is 1. The van der Waals surface area contributed by atoms with Crippen LogP contribution in [0.25, 0.3) is 10.9 Å². The minimum absolute atomic E-state index is 0.0206. The SMILES string of the molecule is O=[N+]([O-])c1ccc(NC(CO)Cc2ccccc2)c2ncccc12. The third-order valence-electron chi connectivity index (χ3n) is 3.85. The van der Waals surface area contributed by atoms with Crippen molar-refractivity contribution in [2.45, 2.75) is 12.5 Å². The van der Waals surface area contributed by atoms with Gasteiger partial charge in [-0.05, 0) is 30.2 Å². The minimum Gasteiger partial charge on any atom is -0.394 e. The molecule has 1 heterocycles. The summed E-state index contributed by atoms with van der Waals surface area (Å²) in [7, 11) is 0. The fourth-order valence-corrected chi connectivity index (χ4v) is 2.71. The molecule has 0 amide bonds. The van der Waals surface area contributed by atoms with Crippen LogP contribution in [-0.2, 0) is 6.42 Å². The van der Waals surface area contributed by atoms with Crippen LogP contribution in [-0.4, -0.2) is 27.7 Å². The lowest BCUT2D eigenvalue weighted by molar-refractivity contribution is -0.383. The topological polar surface area (TPSA) is 88.3 Å². The maximum absolute atomic E-state index is 11.2. The molecule has 3 rings (SSSR count). The number of pyridine rings is 1. The molecule has 0 spiro atoms. The van der Waals surface area contributed by atoms with Crippen molar-refractivity contribution in [2.24, 2.45) is 0 Å². The Balaban J connectivity index is 1.91. The van der Waals surface area contributed by atoms with E-state index < -0.39 is 4.92 Å². The molecule has 0 saturated heterocycles. The number of nitro benzene ring substituents is 1. The zero-order chi connectivity index (χ0) is 16.9. The Kier molecular flexibility index (Phi) is 4.67. The molecule has 2 N–H and O–H groups in total. The van der Waals surface area contributed by atoms with Crippen molar-refractivity contribution in [3.8, 4) is 0 Å². The van der Waals surface area contributed by atoms with E-state index in [2.05, 4.69) is 10.3 Å². The number of aromatic nitrogens is 1. The second-order valence-corrected chi connectivity index (χ2v) is 5.50. The fraction of sp³-hybridized carbons (Fsp3) is 0.167. The number of aliphatic hydroxyl groups excluding tert-OH is 1. The molecule has 0 saturated carbocycles. The van der Waals surface area contributed by atoms with Gasteiger partial charge in [0.05, 0.1) is 28.6 Å². The Morgan fingerprint density at radius 2 is 1.92 bits per heavy atom. The van der Waals surface area contributed by atoms with Gasteiger partial charge >= 0.3 is 0 Å². The van der Waals surface area contributed by atoms with Crippen LogP contribution in [0.3, 0.4) is 0 Å². The Morgan fingerprint density at radius 3 is 2.62 bits per heavy atom. The van der Waals surface area contributed by atoms with E-state index in [9.17, 15) is 15.2 Å². The van der Waals surface area contributed by atoms with E-state index in [4.69, 9.17) is 0 Å². The quantitative estimate of drug-likeness (QED) is 0.537. The first-order valence-electron chi connectivity index (χ1n) is 7.62. The summed E-state index contributed by atoms with van der Waals surface area (Å²) in [5, 5.41) is 24.6. The summed E-state index contributed by atoms with van der Waals surface area (Å²) in [6.45, 7) is -0.0553. The Hall–Kier alpha value is -2.99. The third kappa shape index (κ3) is 3.33. The average Bonchev–Trinajstić information content (AvgIpc) is 2.62. The molecule has 1 unspecified atom stereocenters. The minimum atomic E-state index is -0.415. The Labute approximate surface area is 138 Å². The maximum atomic E-state index is 11.2. The molecule has 0 aliphatic carbocycles. The largest absolute Gasteiger partial charge is 0.394 e. The monoisotopic (exact) mass is 323 g/mol. The van der Waals surface area contributed by atoms with Crippen LogP contribution in [0.1, 0.15) is 5.56 Å². The van der Waals surface area contributed by atoms with E-state index in [0.717, 1.165) is 5.56 Å². The van der Waals surface area contributed by atoms with E-state index in [-0.39, 0.29) is 18.3 Å². The molecule has 0 fully saturated rings. The highest BCUT2D eigenvalue weighted by molar-refractivity contribution is 5.96. The van der Waals surface area contributed by atoms with Crippen LogP contribution in [0.5, 0.6) is 0 Å². The molecule has 0 aliphatic heterocycles. The van der Waals surface area contributed by atoms with Crippen molar-refractivity contribution in [3.63, 3.8) is 0 Å². The van der Waals surface area contributed by atoms with Gasteiger partial charge in [-0.2, -0.15) is 0 Å². The molecule has 24 heavy (non-hydrogen) atoms. The molecule has 122 valence electrons. The molecule has 1 atom stereocenters. The zero-order valence-electron chi connectivity index (χ0n) is 12.9. The molecular weight excluding hydrogens is 306 g/mol. The van der Waals surface area contributed by atoms with Gasteiger partial charge in [-0.25, -0.2) is 0 Å². The average molecular weight is 323 g/mol. The smallest absolute Gasteiger partial charge is 0.278 e. The normalized spacial score (nSPS) is 12.0. The predicted molar refractivity (Wildman–Crippen MR) is 93.0 cm³/mol. The highest BCUT2D eigenvalue weighted by Gasteiger charge is 2.17. The molecular formula is C18H17N3O3. The zero-order valence-corrected chi connectivity index (χ0v) is 12.9. The number of aliphatic hydroxyl groups is 1. The van der Waals surface area contributed by atoms with E-state index in [1.165, 1.54) is 6.07 Å². The number of benzene rings is 2. The highest BCUT2D eigenvalue weighted by atomic mass is 16.6. The molecule has 0 aliphatic rings. The van der Waals surface area contributed by atoms with Crippen molar-refractivity contribution in [1.82, 2.24) is 4.98 Å². The molecule has 2 aromatic carbocycles. The number of fused-ring (bicyclic) bond motifs is 1. The number of non-ortho nitro benzene ring substituents is 1. The van der Waals surface area contributed by atoms with E-state index >= 15 is 0 Å². The van der Waals surface area contributed by atoms with Gasteiger partial charge in [0.25, 0.3) is 5.69 Å². The van der Waals surface area contributed by atoms with Gasteiger partial charge < -0.3 is 10.4 Å². The number of nitrogens with zero attached hydrogens (tertiary/aromatic N) is 2. The number of anilines is 1. The fourth-order valence-electron chi connectivity index (χ4n) is 2.71. The summed E-state index contributed by atoms with van der Waals surface area (Å²) >= 11 is 0. The van der Waals surface area contributed by atoms with Gasteiger partial charge in [-0.15, -0.1) is 0 Å². The van der Waals surface area contributed by atoms with E-state index in [1.807, 2.05) is 30.3 Å². The summed E-state index contributed by atoms with van der Waals surface area (Å²) in [5.41, 5.74) is 2.32. The van der Waals surface area contributed by atoms with E-state index in [1.54, 1.807) is 24.4 Å². The van der Waals surface area contributed by atoms with Gasteiger partial charge in [-0.1, -0.05) is 30.3 Å². The van der Waals surface area contributed by atoms with Gasteiger partial charge in [0, 0.05) is 12.3 Å². The van der Waals surface area contributed by atoms with Crippen LogP contribution in [0.15, 0.2) is 60.8 Å². The first-order valence-corrected chi connectivity index (χ1v) is 7.62. The molecule has 6 heteroatoms. The number of nitro groups is 1. The summed E-state index contributed by atoms with van der Waals surface area (Å²) in [6, 6.07) is 16.1. The third-order valence-corrected chi connectivity index (χ3v) is 3.85. The summed E-state index contributed by atoms with van der Waals surface area (Å²) in [5.74, 6) is 0. The second kappa shape index (κ2) is 7.06. The van der Waals surface area contributed by atoms with Crippen LogP contribution in [0.2, 0.25) is 0 Å². The number of hydrogen-bond acceptors (Lipinski definition) is 5. The van der Waals surface area contributed by atoms with E-state index in [0.29, 0.717) is 23.0 Å². The molecule has 6 nitrogen and oxygen atoms in total. The number of rotatable bonds is 6. The van der Waals surface area contributed by atoms with Crippen molar-refractivity contribution in [1.29, 1.82) is 0 Å². The lowest BCUT2D eigenvalue weighted by atomic mass is 10.1. The standard InChI is InChI=1S/C18H17N3O3/c22-12-14(11-13-5-2-1-3-6-13)20-16-8-9-17(21(23)24)15-7-4-10-19-18(15)16/h1-10,14,20,22H,11-12H2. The molecule has 0 radical (unpaired) electrons. The van der Waals surface area contributed by atoms with Crippen molar-refractivity contribution in [3.05, 3.63) is 76.5 Å². The maximum Gasteiger partial charge on any atom is 0.278 e. The van der Waals surface area contributed by atoms with Gasteiger partial charge in [0.15, 0.2) is 0 Å². The van der Waals surface area contributed by atoms with Gasteiger partial charge in [-0.3, -0.25) is 15.1 Å². The lowest BCUT2D eigenvalue weighted by Gasteiger charge is -2.18. The van der Waals surface area contributed by atoms with Crippen LogP contribution in [0, 0.1) is 10.1 Å². The molecule has 3 aromatic rings. The van der Waals surface area contributed by atoms with Gasteiger partial charge in [0.1, 0.15) is 5.52 Å². The van der Waals surface area contributed by atoms with Gasteiger partial charge in [0.2, 0.25) is 0 Å². The second-order valence-electron chi connectivity index (χ2n) is 5.50. The predicted octanol–water partition coefficient (Wildman–Crippen LogP) is 3.16. The number of hydrogen-bond donors (Lipinski definition) is 2. The van der Waals surface area contributed by atoms with Crippen LogP contribution < -0.4 is 5.32 Å². The van der Waals surface area contributed by atoms with Crippen molar-refractivity contribution >= 4 is 22.3 Å². The molecule has 1 aromatic heterocycles. The van der Waals surface area contributed by atoms with Crippen molar-refractivity contribution in [2.75, 3.05) is 11.9 Å². The Morgan fingerprint density at radius 1 is 1.12 bits per heavy atom. The first-order chi connectivity index (χ1) is 11.7. The van der Waals surface area contributed by atoms with Crippen LogP contribution >= 0.6 is 0 Å².